The zero-order chi connectivity index (χ0) is 8.57. The van der Waals surface area contributed by atoms with Gasteiger partial charge in [0.2, 0.25) is 6.41 Å². The predicted octanol–water partition coefficient (Wildman–Crippen LogP) is -0.802. The van der Waals surface area contributed by atoms with Gasteiger partial charge in [0.1, 0.15) is 0 Å². The summed E-state index contributed by atoms with van der Waals surface area (Å²) in [4.78, 5) is 28.2. The van der Waals surface area contributed by atoms with Gasteiger partial charge in [0, 0.05) is 13.8 Å². The van der Waals surface area contributed by atoms with E-state index in [4.69, 9.17) is 4.79 Å². The minimum atomic E-state index is -0.562. The van der Waals surface area contributed by atoms with Crippen molar-refractivity contribution in [1.82, 2.24) is 0 Å². The summed E-state index contributed by atoms with van der Waals surface area (Å²) in [6.45, 7) is 2.36. The van der Waals surface area contributed by atoms with Gasteiger partial charge in [0.15, 0.2) is 0 Å². The van der Waals surface area contributed by atoms with Gasteiger partial charge in [0.25, 0.3) is 0 Å². The molecule has 0 unspecified atom stereocenters. The van der Waals surface area contributed by atoms with Gasteiger partial charge in [-0.3, -0.25) is 14.4 Å². The third-order valence-electron chi connectivity index (χ3n) is 0.287. The molecule has 5 nitrogen and oxygen atoms in total. The van der Waals surface area contributed by atoms with E-state index in [1.807, 2.05) is 0 Å². The summed E-state index contributed by atoms with van der Waals surface area (Å²) in [5.41, 5.74) is 4.17. The maximum atomic E-state index is 9.81. The molecule has 0 aliphatic heterocycles. The van der Waals surface area contributed by atoms with Gasteiger partial charge in [0.05, 0.1) is 0 Å². The number of nitrogens with two attached hydrogens (primary N) is 1. The highest BCUT2D eigenvalue weighted by Gasteiger charge is 1.93. The summed E-state index contributed by atoms with van der Waals surface area (Å²) in [6.07, 6.45) is 0.250. The highest BCUT2D eigenvalue weighted by molar-refractivity contribution is 5.82. The molecule has 0 radical (unpaired) electrons. The summed E-state index contributed by atoms with van der Waals surface area (Å²) in [5.74, 6) is -1.12. The first-order valence-corrected chi connectivity index (χ1v) is 2.39. The van der Waals surface area contributed by atoms with Crippen molar-refractivity contribution in [3.63, 3.8) is 0 Å². The van der Waals surface area contributed by atoms with Gasteiger partial charge in [-0.2, -0.15) is 0 Å². The molecule has 1 amide bonds. The van der Waals surface area contributed by atoms with E-state index in [0.717, 1.165) is 0 Å². The van der Waals surface area contributed by atoms with Crippen molar-refractivity contribution in [2.24, 2.45) is 5.73 Å². The van der Waals surface area contributed by atoms with E-state index < -0.39 is 11.9 Å². The zero-order valence-corrected chi connectivity index (χ0v) is 5.79. The van der Waals surface area contributed by atoms with E-state index >= 15 is 0 Å². The monoisotopic (exact) mass is 147 g/mol. The number of carbonyl (C=O) groups excluding carboxylic acids is 3. The average Bonchev–Trinajstić information content (AvgIpc) is 1.62. The van der Waals surface area contributed by atoms with Crippen LogP contribution in [0.15, 0.2) is 0 Å². The molecule has 0 aliphatic carbocycles. The van der Waals surface area contributed by atoms with Gasteiger partial charge in [-0.15, -0.1) is 0 Å². The van der Waals surface area contributed by atoms with Crippen LogP contribution in [0.5, 0.6) is 0 Å². The van der Waals surface area contributed by atoms with Crippen LogP contribution in [-0.2, 0) is 19.1 Å². The van der Waals surface area contributed by atoms with Crippen LogP contribution in [0.4, 0.5) is 0 Å². The Hall–Kier alpha value is -1.39. The van der Waals surface area contributed by atoms with Crippen LogP contribution in [0.1, 0.15) is 13.8 Å². The number of esters is 2. The number of rotatable bonds is 0. The molecule has 0 aromatic heterocycles. The molecule has 0 saturated heterocycles. The summed E-state index contributed by atoms with van der Waals surface area (Å²) < 4.78 is 3.97. The molecule has 58 valence electrons. The fourth-order valence-corrected chi connectivity index (χ4v) is 0.202. The Labute approximate surface area is 58.1 Å². The topological polar surface area (TPSA) is 86.5 Å². The number of hydrogen-bond donors (Lipinski definition) is 1. The maximum absolute atomic E-state index is 9.81. The third kappa shape index (κ3) is 30.5. The quantitative estimate of drug-likeness (QED) is 0.276. The summed E-state index contributed by atoms with van der Waals surface area (Å²) in [6, 6.07) is 0. The molecule has 0 heterocycles. The van der Waals surface area contributed by atoms with Gasteiger partial charge in [-0.1, -0.05) is 0 Å². The number of carbonyl (C=O) groups is 3. The van der Waals surface area contributed by atoms with Gasteiger partial charge in [-0.25, -0.2) is 0 Å². The Bertz CT molecular complexity index is 120. The lowest BCUT2D eigenvalue weighted by molar-refractivity contribution is -0.156. The summed E-state index contributed by atoms with van der Waals surface area (Å²) in [7, 11) is 0. The third-order valence-corrected chi connectivity index (χ3v) is 0.287. The van der Waals surface area contributed by atoms with Gasteiger partial charge < -0.3 is 10.5 Å². The van der Waals surface area contributed by atoms with Crippen LogP contribution < -0.4 is 5.73 Å². The molecule has 0 atom stereocenters. The molecular formula is C5H9NO4. The van der Waals surface area contributed by atoms with E-state index in [1.54, 1.807) is 0 Å². The molecule has 0 fully saturated rings. The molecule has 0 aromatic carbocycles. The van der Waals surface area contributed by atoms with Crippen LogP contribution >= 0.6 is 0 Å². The molecule has 5 heteroatoms. The average molecular weight is 147 g/mol. The molecule has 10 heavy (non-hydrogen) atoms. The Morgan fingerprint density at radius 1 is 1.30 bits per heavy atom. The molecule has 0 bridgehead atoms. The number of amides is 1. The van der Waals surface area contributed by atoms with Crippen molar-refractivity contribution in [3.8, 4) is 0 Å². The Morgan fingerprint density at radius 3 is 1.50 bits per heavy atom. The van der Waals surface area contributed by atoms with Crippen molar-refractivity contribution >= 4 is 18.3 Å². The highest BCUT2D eigenvalue weighted by atomic mass is 16.6. The normalized spacial score (nSPS) is 6.60. The molecule has 0 aliphatic rings. The van der Waals surface area contributed by atoms with E-state index in [2.05, 4.69) is 10.5 Å². The smallest absolute Gasteiger partial charge is 0.310 e. The van der Waals surface area contributed by atoms with E-state index in [0.29, 0.717) is 0 Å². The lowest BCUT2D eigenvalue weighted by Crippen LogP contribution is -2.03. The second-order valence-corrected chi connectivity index (χ2v) is 1.22. The van der Waals surface area contributed by atoms with Crippen molar-refractivity contribution in [1.29, 1.82) is 0 Å². The van der Waals surface area contributed by atoms with E-state index in [9.17, 15) is 9.59 Å². The van der Waals surface area contributed by atoms with E-state index in [1.165, 1.54) is 13.8 Å². The molecule has 0 aromatic rings. The second-order valence-electron chi connectivity index (χ2n) is 1.22. The predicted molar refractivity (Wildman–Crippen MR) is 32.7 cm³/mol. The molecule has 2 N–H and O–H groups in total. The first-order valence-electron chi connectivity index (χ1n) is 2.39. The standard InChI is InChI=1S/C4H6O3.CH3NO/c1-3(5)7-4(2)6;2-1-3/h1-2H3;1H,(H2,2,3). The molecule has 0 saturated carbocycles. The zero-order valence-electron chi connectivity index (χ0n) is 5.79. The second kappa shape index (κ2) is 7.61. The Balaban J connectivity index is 0. The maximum Gasteiger partial charge on any atom is 0.310 e. The highest BCUT2D eigenvalue weighted by Crippen LogP contribution is 1.73. The fraction of sp³-hybridized carbons (Fsp3) is 0.400. The van der Waals surface area contributed by atoms with Crippen molar-refractivity contribution < 1.29 is 19.1 Å². The van der Waals surface area contributed by atoms with Gasteiger partial charge in [-0.05, 0) is 0 Å². The number of hydrogen-bond acceptors (Lipinski definition) is 4. The Morgan fingerprint density at radius 2 is 1.50 bits per heavy atom. The largest absolute Gasteiger partial charge is 0.394 e. The molecule has 0 spiro atoms. The summed E-state index contributed by atoms with van der Waals surface area (Å²) >= 11 is 0. The van der Waals surface area contributed by atoms with Gasteiger partial charge >= 0.3 is 11.9 Å². The minimum Gasteiger partial charge on any atom is -0.394 e. The minimum absolute atomic E-state index is 0.250. The van der Waals surface area contributed by atoms with Crippen LogP contribution in [0.3, 0.4) is 0 Å². The lowest BCUT2D eigenvalue weighted by Gasteiger charge is -1.87. The number of primary amides is 1. The van der Waals surface area contributed by atoms with Crippen LogP contribution in [-0.4, -0.2) is 18.3 Å². The number of ether oxygens (including phenoxy) is 1. The van der Waals surface area contributed by atoms with Crippen molar-refractivity contribution in [2.45, 2.75) is 13.8 Å². The molecule has 0 rings (SSSR count). The van der Waals surface area contributed by atoms with E-state index in [-0.39, 0.29) is 6.41 Å². The first kappa shape index (κ1) is 11.4. The van der Waals surface area contributed by atoms with Crippen molar-refractivity contribution in [2.75, 3.05) is 0 Å². The fourth-order valence-electron chi connectivity index (χ4n) is 0.202. The Kier molecular flexibility index (Phi) is 8.68. The van der Waals surface area contributed by atoms with Crippen molar-refractivity contribution in [3.05, 3.63) is 0 Å². The first-order chi connectivity index (χ1) is 4.54. The SMILES string of the molecule is CC(=O)OC(C)=O.NC=O. The molecular weight excluding hydrogens is 138 g/mol. The summed E-state index contributed by atoms with van der Waals surface area (Å²) in [5, 5.41) is 0. The van der Waals surface area contributed by atoms with Crippen LogP contribution in [0.2, 0.25) is 0 Å². The lowest BCUT2D eigenvalue weighted by atomic mass is 10.7. The van der Waals surface area contributed by atoms with Crippen LogP contribution in [0, 0.1) is 0 Å². The van der Waals surface area contributed by atoms with Crippen LogP contribution in [0.25, 0.3) is 0 Å².